The fourth-order valence-corrected chi connectivity index (χ4v) is 2.22. The molecule has 0 unspecified atom stereocenters. The van der Waals surface area contributed by atoms with Crippen LogP contribution in [0.1, 0.15) is 32.3 Å². The van der Waals surface area contributed by atoms with Gasteiger partial charge in [0.1, 0.15) is 0 Å². The maximum absolute atomic E-state index is 12.1. The van der Waals surface area contributed by atoms with Crippen LogP contribution in [-0.2, 0) is 16.1 Å². The van der Waals surface area contributed by atoms with Gasteiger partial charge in [-0.25, -0.2) is 0 Å². The van der Waals surface area contributed by atoms with Crippen LogP contribution in [0.25, 0.3) is 0 Å². The molecular weight excluding hydrogens is 268 g/mol. The van der Waals surface area contributed by atoms with Crippen molar-refractivity contribution in [2.45, 2.75) is 33.2 Å². The highest BCUT2D eigenvalue weighted by molar-refractivity contribution is 5.92. The third-order valence-corrected chi connectivity index (χ3v) is 3.05. The molecule has 0 aliphatic carbocycles. The predicted octanol–water partition coefficient (Wildman–Crippen LogP) is 2.58. The number of carbonyl (C=O) groups is 2. The highest BCUT2D eigenvalue weighted by Crippen LogP contribution is 2.26. The van der Waals surface area contributed by atoms with E-state index >= 15 is 0 Å². The molecule has 1 rings (SSSR count). The minimum absolute atomic E-state index is 0.0280. The summed E-state index contributed by atoms with van der Waals surface area (Å²) in [5.41, 5.74) is 1.25. The molecular formula is C16H24N2O3. The fourth-order valence-electron chi connectivity index (χ4n) is 2.22. The molecule has 0 bridgehead atoms. The van der Waals surface area contributed by atoms with Crippen LogP contribution in [0, 0.1) is 5.41 Å². The Labute approximate surface area is 126 Å². The molecule has 0 heterocycles. The van der Waals surface area contributed by atoms with Gasteiger partial charge in [0.25, 0.3) is 0 Å². The summed E-state index contributed by atoms with van der Waals surface area (Å²) in [6, 6.07) is 7.64. The van der Waals surface area contributed by atoms with Crippen molar-refractivity contribution in [1.29, 1.82) is 0 Å². The predicted molar refractivity (Wildman–Crippen MR) is 83.1 cm³/mol. The molecule has 0 fully saturated rings. The van der Waals surface area contributed by atoms with E-state index in [1.165, 1.54) is 0 Å². The number of nitrogens with zero attached hydrogens (tertiary/aromatic N) is 1. The molecule has 1 aromatic carbocycles. The Morgan fingerprint density at radius 2 is 1.81 bits per heavy atom. The van der Waals surface area contributed by atoms with Crippen molar-refractivity contribution in [3.63, 3.8) is 0 Å². The van der Waals surface area contributed by atoms with Crippen LogP contribution in [0.3, 0.4) is 0 Å². The van der Waals surface area contributed by atoms with Gasteiger partial charge in [0.05, 0.1) is 6.42 Å². The van der Waals surface area contributed by atoms with Gasteiger partial charge in [0.15, 0.2) is 0 Å². The lowest BCUT2D eigenvalue weighted by atomic mass is 9.85. The van der Waals surface area contributed by atoms with Gasteiger partial charge in [-0.05, 0) is 31.1 Å². The molecule has 0 aliphatic rings. The van der Waals surface area contributed by atoms with Crippen molar-refractivity contribution in [1.82, 2.24) is 4.90 Å². The van der Waals surface area contributed by atoms with E-state index in [4.69, 9.17) is 5.11 Å². The van der Waals surface area contributed by atoms with E-state index in [2.05, 4.69) is 5.32 Å². The number of rotatable bonds is 7. The number of hydrogen-bond donors (Lipinski definition) is 2. The zero-order chi connectivity index (χ0) is 16.0. The lowest BCUT2D eigenvalue weighted by Gasteiger charge is -2.22. The largest absolute Gasteiger partial charge is 0.481 e. The average molecular weight is 292 g/mol. The van der Waals surface area contributed by atoms with E-state index in [1.54, 1.807) is 13.8 Å². The van der Waals surface area contributed by atoms with Crippen molar-refractivity contribution in [2.24, 2.45) is 5.41 Å². The highest BCUT2D eigenvalue weighted by atomic mass is 16.4. The van der Waals surface area contributed by atoms with Crippen molar-refractivity contribution in [3.8, 4) is 0 Å². The van der Waals surface area contributed by atoms with Gasteiger partial charge in [0.2, 0.25) is 5.91 Å². The number of hydrogen-bond acceptors (Lipinski definition) is 3. The number of para-hydroxylation sites is 1. The van der Waals surface area contributed by atoms with E-state index in [9.17, 15) is 9.59 Å². The fraction of sp³-hybridized carbons (Fsp3) is 0.500. The summed E-state index contributed by atoms with van der Waals surface area (Å²) in [7, 11) is 3.93. The van der Waals surface area contributed by atoms with Gasteiger partial charge < -0.3 is 15.3 Å². The van der Waals surface area contributed by atoms with Crippen molar-refractivity contribution in [3.05, 3.63) is 29.8 Å². The standard InChI is InChI=1S/C16H24N2O3/c1-16(2,10-15(20)21)9-14(19)17-13-8-6-5-7-12(13)11-18(3)4/h5-8H,9-11H2,1-4H3,(H,17,19)(H,20,21). The summed E-state index contributed by atoms with van der Waals surface area (Å²) in [6.45, 7) is 4.30. The van der Waals surface area contributed by atoms with E-state index in [1.807, 2.05) is 43.3 Å². The van der Waals surface area contributed by atoms with Crippen molar-refractivity contribution in [2.75, 3.05) is 19.4 Å². The first-order chi connectivity index (χ1) is 9.69. The number of benzene rings is 1. The van der Waals surface area contributed by atoms with Crippen LogP contribution in [-0.4, -0.2) is 36.0 Å². The number of carbonyl (C=O) groups excluding carboxylic acids is 1. The maximum atomic E-state index is 12.1. The Hall–Kier alpha value is -1.88. The van der Waals surface area contributed by atoms with Gasteiger partial charge in [0, 0.05) is 18.7 Å². The molecule has 0 saturated heterocycles. The van der Waals surface area contributed by atoms with Crippen molar-refractivity contribution >= 4 is 17.6 Å². The third kappa shape index (κ3) is 6.40. The van der Waals surface area contributed by atoms with E-state index in [0.29, 0.717) is 0 Å². The molecule has 5 heteroatoms. The number of carboxylic acids is 1. The first kappa shape index (κ1) is 17.2. The number of carboxylic acid groups (broad SMARTS) is 1. The van der Waals surface area contributed by atoms with Gasteiger partial charge in [-0.1, -0.05) is 32.0 Å². The Balaban J connectivity index is 2.73. The van der Waals surface area contributed by atoms with Gasteiger partial charge in [-0.2, -0.15) is 0 Å². The van der Waals surface area contributed by atoms with Gasteiger partial charge in [-0.15, -0.1) is 0 Å². The second kappa shape index (κ2) is 7.22. The van der Waals surface area contributed by atoms with Gasteiger partial charge >= 0.3 is 5.97 Å². The Bertz CT molecular complexity index is 510. The van der Waals surface area contributed by atoms with Gasteiger partial charge in [-0.3, -0.25) is 9.59 Å². The summed E-state index contributed by atoms with van der Waals surface area (Å²) >= 11 is 0. The highest BCUT2D eigenvalue weighted by Gasteiger charge is 2.25. The topological polar surface area (TPSA) is 69.6 Å². The Morgan fingerprint density at radius 3 is 2.38 bits per heavy atom. The molecule has 2 N–H and O–H groups in total. The molecule has 21 heavy (non-hydrogen) atoms. The summed E-state index contributed by atoms with van der Waals surface area (Å²) in [6.07, 6.45) is 0.148. The minimum atomic E-state index is -0.888. The van der Waals surface area contributed by atoms with Crippen LogP contribution in [0.15, 0.2) is 24.3 Å². The number of nitrogens with one attached hydrogen (secondary N) is 1. The van der Waals surface area contributed by atoms with Crippen LogP contribution in [0.4, 0.5) is 5.69 Å². The Kier molecular flexibility index (Phi) is 5.90. The molecule has 0 radical (unpaired) electrons. The molecule has 0 saturated carbocycles. The SMILES string of the molecule is CN(C)Cc1ccccc1NC(=O)CC(C)(C)CC(=O)O. The smallest absolute Gasteiger partial charge is 0.303 e. The summed E-state index contributed by atoms with van der Waals surface area (Å²) in [5, 5.41) is 11.7. The van der Waals surface area contributed by atoms with Crippen LogP contribution in [0.5, 0.6) is 0 Å². The zero-order valence-corrected chi connectivity index (χ0v) is 13.1. The molecule has 5 nitrogen and oxygen atoms in total. The van der Waals surface area contributed by atoms with E-state index in [0.717, 1.165) is 17.8 Å². The first-order valence-corrected chi connectivity index (χ1v) is 6.94. The molecule has 0 aliphatic heterocycles. The summed E-state index contributed by atoms with van der Waals surface area (Å²) in [4.78, 5) is 24.9. The van der Waals surface area contributed by atoms with Crippen LogP contribution in [0.2, 0.25) is 0 Å². The maximum Gasteiger partial charge on any atom is 0.303 e. The first-order valence-electron chi connectivity index (χ1n) is 6.94. The van der Waals surface area contributed by atoms with E-state index in [-0.39, 0.29) is 18.7 Å². The van der Waals surface area contributed by atoms with E-state index < -0.39 is 11.4 Å². The number of anilines is 1. The lowest BCUT2D eigenvalue weighted by molar-refractivity contribution is -0.139. The van der Waals surface area contributed by atoms with Crippen LogP contribution >= 0.6 is 0 Å². The number of amides is 1. The summed E-state index contributed by atoms with van der Waals surface area (Å²) < 4.78 is 0. The quantitative estimate of drug-likeness (QED) is 0.810. The second-order valence-corrected chi connectivity index (χ2v) is 6.35. The molecule has 1 amide bonds. The number of aliphatic carboxylic acids is 1. The average Bonchev–Trinajstić information content (AvgIpc) is 2.28. The Morgan fingerprint density at radius 1 is 1.19 bits per heavy atom. The van der Waals surface area contributed by atoms with Crippen molar-refractivity contribution < 1.29 is 14.7 Å². The lowest BCUT2D eigenvalue weighted by Crippen LogP contribution is -2.25. The van der Waals surface area contributed by atoms with Crippen LogP contribution < -0.4 is 5.32 Å². The minimum Gasteiger partial charge on any atom is -0.481 e. The molecule has 116 valence electrons. The molecule has 0 spiro atoms. The molecule has 0 aromatic heterocycles. The zero-order valence-electron chi connectivity index (χ0n) is 13.1. The third-order valence-electron chi connectivity index (χ3n) is 3.05. The molecule has 1 aromatic rings. The summed E-state index contributed by atoms with van der Waals surface area (Å²) in [5.74, 6) is -1.05. The normalized spacial score (nSPS) is 11.5. The monoisotopic (exact) mass is 292 g/mol. The molecule has 0 atom stereocenters. The second-order valence-electron chi connectivity index (χ2n) is 6.35.